The zero-order valence-corrected chi connectivity index (χ0v) is 11.4. The predicted octanol–water partition coefficient (Wildman–Crippen LogP) is 3.02. The van der Waals surface area contributed by atoms with E-state index in [2.05, 4.69) is 5.32 Å². The van der Waals surface area contributed by atoms with E-state index >= 15 is 0 Å². The molecular formula is C14H11ClFNO4. The largest absolute Gasteiger partial charge is 0.481 e. The summed E-state index contributed by atoms with van der Waals surface area (Å²) in [5.41, 5.74) is 0.305. The molecule has 0 aliphatic carbocycles. The smallest absolute Gasteiger partial charge is 0.305 e. The van der Waals surface area contributed by atoms with Crippen molar-refractivity contribution in [2.45, 2.75) is 12.5 Å². The molecule has 2 rings (SSSR count). The van der Waals surface area contributed by atoms with Gasteiger partial charge >= 0.3 is 5.97 Å². The number of carbonyl (C=O) groups is 2. The number of benzene rings is 1. The van der Waals surface area contributed by atoms with Gasteiger partial charge in [0.2, 0.25) is 0 Å². The molecule has 0 saturated carbocycles. The van der Waals surface area contributed by atoms with Crippen LogP contribution in [0.1, 0.15) is 28.6 Å². The Balaban J connectivity index is 2.23. The van der Waals surface area contributed by atoms with Crippen molar-refractivity contribution in [3.05, 3.63) is 58.8 Å². The number of aliphatic carboxylic acids is 1. The summed E-state index contributed by atoms with van der Waals surface area (Å²) < 4.78 is 18.4. The average molecular weight is 312 g/mol. The monoisotopic (exact) mass is 311 g/mol. The summed E-state index contributed by atoms with van der Waals surface area (Å²) in [5.74, 6) is -2.35. The lowest BCUT2D eigenvalue weighted by Crippen LogP contribution is -2.30. The van der Waals surface area contributed by atoms with Gasteiger partial charge in [-0.25, -0.2) is 4.39 Å². The first-order valence-corrected chi connectivity index (χ1v) is 6.36. The molecule has 7 heteroatoms. The minimum Gasteiger partial charge on any atom is -0.481 e. The van der Waals surface area contributed by atoms with E-state index in [-0.39, 0.29) is 10.8 Å². The summed E-state index contributed by atoms with van der Waals surface area (Å²) in [6.45, 7) is 0. The van der Waals surface area contributed by atoms with Crippen molar-refractivity contribution in [3.63, 3.8) is 0 Å². The van der Waals surface area contributed by atoms with E-state index in [4.69, 9.17) is 21.1 Å². The number of hydrogen-bond donors (Lipinski definition) is 2. The number of carbonyl (C=O) groups excluding carboxylic acids is 1. The van der Waals surface area contributed by atoms with Gasteiger partial charge in [-0.1, -0.05) is 17.7 Å². The second kappa shape index (κ2) is 6.41. The maximum absolute atomic E-state index is 13.5. The van der Waals surface area contributed by atoms with Crippen LogP contribution in [0.2, 0.25) is 5.02 Å². The normalized spacial score (nSPS) is 11.9. The Morgan fingerprint density at radius 2 is 2.14 bits per heavy atom. The van der Waals surface area contributed by atoms with E-state index in [9.17, 15) is 14.0 Å². The molecule has 0 bridgehead atoms. The van der Waals surface area contributed by atoms with Crippen LogP contribution >= 0.6 is 11.6 Å². The number of rotatable bonds is 5. The van der Waals surface area contributed by atoms with E-state index < -0.39 is 30.2 Å². The topological polar surface area (TPSA) is 79.5 Å². The fourth-order valence-electron chi connectivity index (χ4n) is 1.79. The lowest BCUT2D eigenvalue weighted by Gasteiger charge is -2.17. The second-order valence-electron chi connectivity index (χ2n) is 4.27. The minimum atomic E-state index is -1.13. The molecule has 0 radical (unpaired) electrons. The van der Waals surface area contributed by atoms with Gasteiger partial charge in [-0.15, -0.1) is 0 Å². The molecule has 1 atom stereocenters. The lowest BCUT2D eigenvalue weighted by molar-refractivity contribution is -0.137. The molecule has 21 heavy (non-hydrogen) atoms. The maximum atomic E-state index is 13.5. The number of carboxylic acid groups (broad SMARTS) is 1. The molecule has 0 spiro atoms. The molecule has 110 valence electrons. The Morgan fingerprint density at radius 3 is 2.71 bits per heavy atom. The number of carboxylic acids is 1. The van der Waals surface area contributed by atoms with Gasteiger partial charge in [0.1, 0.15) is 5.82 Å². The molecule has 1 amide bonds. The Labute approximate surface area is 124 Å². The molecule has 2 N–H and O–H groups in total. The maximum Gasteiger partial charge on any atom is 0.305 e. The zero-order valence-electron chi connectivity index (χ0n) is 10.7. The molecule has 1 aromatic carbocycles. The first-order chi connectivity index (χ1) is 9.97. The Kier molecular flexibility index (Phi) is 4.59. The van der Waals surface area contributed by atoms with Crippen LogP contribution in [0.25, 0.3) is 0 Å². The van der Waals surface area contributed by atoms with Crippen molar-refractivity contribution in [2.24, 2.45) is 0 Å². The van der Waals surface area contributed by atoms with Crippen LogP contribution in [-0.4, -0.2) is 17.0 Å². The Bertz CT molecular complexity index is 657. The van der Waals surface area contributed by atoms with Crippen LogP contribution in [0.15, 0.2) is 41.0 Å². The first kappa shape index (κ1) is 15.1. The van der Waals surface area contributed by atoms with Crippen LogP contribution in [0.5, 0.6) is 0 Å². The predicted molar refractivity (Wildman–Crippen MR) is 72.6 cm³/mol. The Morgan fingerprint density at radius 1 is 1.38 bits per heavy atom. The minimum absolute atomic E-state index is 0.0415. The molecule has 0 fully saturated rings. The van der Waals surface area contributed by atoms with Crippen molar-refractivity contribution in [2.75, 3.05) is 0 Å². The highest BCUT2D eigenvalue weighted by atomic mass is 35.5. The van der Waals surface area contributed by atoms with Crippen molar-refractivity contribution in [3.8, 4) is 0 Å². The fourth-order valence-corrected chi connectivity index (χ4v) is 1.91. The summed E-state index contributed by atoms with van der Waals surface area (Å²) >= 11 is 5.58. The van der Waals surface area contributed by atoms with Gasteiger partial charge in [0.05, 0.1) is 23.7 Å². The van der Waals surface area contributed by atoms with Gasteiger partial charge in [-0.05, 0) is 29.8 Å². The van der Waals surface area contributed by atoms with Crippen molar-refractivity contribution < 1.29 is 23.5 Å². The van der Waals surface area contributed by atoms with Gasteiger partial charge < -0.3 is 14.8 Å². The number of nitrogens with one attached hydrogen (secondary N) is 1. The van der Waals surface area contributed by atoms with E-state index in [0.717, 1.165) is 6.07 Å². The number of halogens is 2. The summed E-state index contributed by atoms with van der Waals surface area (Å²) in [6, 6.07) is 5.94. The summed E-state index contributed by atoms with van der Waals surface area (Å²) in [4.78, 5) is 22.8. The molecule has 0 aliphatic heterocycles. The molecule has 0 unspecified atom stereocenters. The van der Waals surface area contributed by atoms with E-state index in [1.54, 1.807) is 0 Å². The van der Waals surface area contributed by atoms with Gasteiger partial charge in [-0.2, -0.15) is 0 Å². The molecule has 1 aromatic heterocycles. The lowest BCUT2D eigenvalue weighted by atomic mass is 10.0. The third-order valence-corrected chi connectivity index (χ3v) is 3.08. The molecular weight excluding hydrogens is 301 g/mol. The van der Waals surface area contributed by atoms with Crippen molar-refractivity contribution in [1.29, 1.82) is 0 Å². The van der Waals surface area contributed by atoms with Crippen LogP contribution < -0.4 is 5.32 Å². The van der Waals surface area contributed by atoms with Crippen LogP contribution in [0.3, 0.4) is 0 Å². The van der Waals surface area contributed by atoms with E-state index in [1.807, 2.05) is 0 Å². The van der Waals surface area contributed by atoms with Gasteiger partial charge in [0.25, 0.3) is 5.91 Å². The molecule has 0 saturated heterocycles. The van der Waals surface area contributed by atoms with E-state index in [1.165, 1.54) is 30.5 Å². The number of amides is 1. The molecule has 5 nitrogen and oxygen atoms in total. The first-order valence-electron chi connectivity index (χ1n) is 5.98. The Hall–Kier alpha value is -2.34. The quantitative estimate of drug-likeness (QED) is 0.889. The summed E-state index contributed by atoms with van der Waals surface area (Å²) in [7, 11) is 0. The highest BCUT2D eigenvalue weighted by Crippen LogP contribution is 2.23. The van der Waals surface area contributed by atoms with Crippen LogP contribution in [-0.2, 0) is 4.79 Å². The van der Waals surface area contributed by atoms with Crippen molar-refractivity contribution in [1.82, 2.24) is 5.32 Å². The summed E-state index contributed by atoms with van der Waals surface area (Å²) in [5, 5.41) is 11.3. The molecule has 2 aromatic rings. The van der Waals surface area contributed by atoms with Gasteiger partial charge in [-0.3, -0.25) is 9.59 Å². The van der Waals surface area contributed by atoms with Gasteiger partial charge in [0.15, 0.2) is 5.76 Å². The van der Waals surface area contributed by atoms with E-state index in [0.29, 0.717) is 5.56 Å². The standard InChI is InChI=1S/C14H11ClFNO4/c15-9-4-3-8(6-10(9)16)11(7-13(18)19)17-14(20)12-2-1-5-21-12/h1-6,11H,7H2,(H,17,20)(H,18,19)/t11-/m0/s1. The fraction of sp³-hybridized carbons (Fsp3) is 0.143. The molecule has 1 heterocycles. The van der Waals surface area contributed by atoms with Crippen LogP contribution in [0, 0.1) is 5.82 Å². The third kappa shape index (κ3) is 3.82. The number of hydrogen-bond acceptors (Lipinski definition) is 3. The zero-order chi connectivity index (χ0) is 15.4. The third-order valence-electron chi connectivity index (χ3n) is 2.78. The van der Waals surface area contributed by atoms with Crippen molar-refractivity contribution >= 4 is 23.5 Å². The average Bonchev–Trinajstić information content (AvgIpc) is 2.94. The highest BCUT2D eigenvalue weighted by molar-refractivity contribution is 6.30. The molecule has 0 aliphatic rings. The van der Waals surface area contributed by atoms with Crippen LogP contribution in [0.4, 0.5) is 4.39 Å². The summed E-state index contributed by atoms with van der Waals surface area (Å²) in [6.07, 6.45) is 0.927. The highest BCUT2D eigenvalue weighted by Gasteiger charge is 2.21. The van der Waals surface area contributed by atoms with Gasteiger partial charge in [0, 0.05) is 0 Å². The SMILES string of the molecule is O=C(O)C[C@H](NC(=O)c1ccco1)c1ccc(Cl)c(F)c1. The second-order valence-corrected chi connectivity index (χ2v) is 4.68. The number of furan rings is 1.